The molecule has 0 atom stereocenters. The van der Waals surface area contributed by atoms with Crippen molar-refractivity contribution < 1.29 is 4.52 Å². The summed E-state index contributed by atoms with van der Waals surface area (Å²) in [5.41, 5.74) is 1.90. The van der Waals surface area contributed by atoms with Crippen molar-refractivity contribution in [3.8, 4) is 0 Å². The van der Waals surface area contributed by atoms with Crippen LogP contribution in [0.5, 0.6) is 0 Å². The van der Waals surface area contributed by atoms with E-state index in [1.807, 2.05) is 20.0 Å². The highest BCUT2D eigenvalue weighted by molar-refractivity contribution is 14.1. The topological polar surface area (TPSA) is 56.7 Å². The van der Waals surface area contributed by atoms with Crippen molar-refractivity contribution in [1.29, 1.82) is 0 Å². The summed E-state index contributed by atoms with van der Waals surface area (Å²) in [6, 6.07) is 1.96. The van der Waals surface area contributed by atoms with Gasteiger partial charge in [-0.05, 0) is 29.0 Å². The third-order valence-electron chi connectivity index (χ3n) is 2.05. The molecule has 2 aromatic rings. The van der Waals surface area contributed by atoms with Gasteiger partial charge in [0, 0.05) is 13.1 Å². The lowest BCUT2D eigenvalue weighted by Crippen LogP contribution is -1.93. The zero-order valence-electron chi connectivity index (χ0n) is 8.57. The molecule has 0 bridgehead atoms. The van der Waals surface area contributed by atoms with Crippen molar-refractivity contribution >= 4 is 22.6 Å². The second-order valence-corrected chi connectivity index (χ2v) is 4.26. The minimum atomic E-state index is 0.652. The fourth-order valence-electron chi connectivity index (χ4n) is 1.30. The van der Waals surface area contributed by atoms with E-state index < -0.39 is 0 Å². The average Bonchev–Trinajstić information content (AvgIpc) is 2.75. The number of hydrogen-bond donors (Lipinski definition) is 0. The Morgan fingerprint density at radius 2 is 2.27 bits per heavy atom. The van der Waals surface area contributed by atoms with Crippen LogP contribution in [0.2, 0.25) is 0 Å². The van der Waals surface area contributed by atoms with E-state index >= 15 is 0 Å². The van der Waals surface area contributed by atoms with Gasteiger partial charge in [-0.3, -0.25) is 0 Å². The van der Waals surface area contributed by atoms with Gasteiger partial charge in [-0.25, -0.2) is 0 Å². The van der Waals surface area contributed by atoms with Crippen LogP contribution in [-0.4, -0.2) is 20.2 Å². The van der Waals surface area contributed by atoms with E-state index in [2.05, 4.69) is 37.9 Å². The summed E-state index contributed by atoms with van der Waals surface area (Å²) in [6.07, 6.45) is 1.54. The maximum Gasteiger partial charge on any atom is 0.147 e. The molecular formula is C9H11IN4O. The first-order valence-corrected chi connectivity index (χ1v) is 5.77. The maximum absolute atomic E-state index is 5.19. The van der Waals surface area contributed by atoms with E-state index in [-0.39, 0.29) is 0 Å². The minimum Gasteiger partial charge on any atom is -0.361 e. The predicted molar refractivity (Wildman–Crippen MR) is 62.4 cm³/mol. The van der Waals surface area contributed by atoms with E-state index in [1.54, 1.807) is 4.80 Å². The van der Waals surface area contributed by atoms with Crippen molar-refractivity contribution in [2.24, 2.45) is 7.05 Å². The fourth-order valence-corrected chi connectivity index (χ4v) is 1.91. The third-order valence-corrected chi connectivity index (χ3v) is 2.89. The van der Waals surface area contributed by atoms with E-state index in [0.29, 0.717) is 6.42 Å². The summed E-state index contributed by atoms with van der Waals surface area (Å²) in [6.45, 7) is 2.05. The molecule has 0 amide bonds. The molecule has 0 unspecified atom stereocenters. The first-order valence-electron chi connectivity index (χ1n) is 4.69. The number of nitrogens with zero attached hydrogens (tertiary/aromatic N) is 4. The number of hydrogen-bond acceptors (Lipinski definition) is 4. The van der Waals surface area contributed by atoms with E-state index in [4.69, 9.17) is 4.52 Å². The van der Waals surface area contributed by atoms with Crippen LogP contribution in [0.1, 0.15) is 24.1 Å². The van der Waals surface area contributed by atoms with Gasteiger partial charge in [-0.2, -0.15) is 9.90 Å². The van der Waals surface area contributed by atoms with Crippen LogP contribution in [-0.2, 0) is 19.9 Å². The van der Waals surface area contributed by atoms with Gasteiger partial charge in [0.2, 0.25) is 0 Å². The molecule has 0 radical (unpaired) electrons. The quantitative estimate of drug-likeness (QED) is 0.806. The molecule has 2 heterocycles. The summed E-state index contributed by atoms with van der Waals surface area (Å²) >= 11 is 2.17. The highest BCUT2D eigenvalue weighted by Crippen LogP contribution is 2.13. The Hall–Kier alpha value is -0.920. The molecule has 0 spiro atoms. The average molecular weight is 318 g/mol. The molecule has 2 rings (SSSR count). The lowest BCUT2D eigenvalue weighted by Gasteiger charge is -1.89. The van der Waals surface area contributed by atoms with Gasteiger partial charge in [0.1, 0.15) is 15.2 Å². The third kappa shape index (κ3) is 2.36. The molecule has 5 nitrogen and oxygen atoms in total. The van der Waals surface area contributed by atoms with Crippen LogP contribution in [0.4, 0.5) is 0 Å². The van der Waals surface area contributed by atoms with Crippen LogP contribution in [0.15, 0.2) is 10.6 Å². The van der Waals surface area contributed by atoms with Crippen LogP contribution >= 0.6 is 22.6 Å². The molecular weight excluding hydrogens is 307 g/mol. The summed E-state index contributed by atoms with van der Waals surface area (Å²) in [5.74, 6) is 0.838. The summed E-state index contributed by atoms with van der Waals surface area (Å²) < 4.78 is 6.10. The molecule has 0 aliphatic carbocycles. The van der Waals surface area contributed by atoms with Crippen LogP contribution in [0.3, 0.4) is 0 Å². The molecule has 2 aromatic heterocycles. The van der Waals surface area contributed by atoms with Gasteiger partial charge in [0.05, 0.1) is 12.1 Å². The Balaban J connectivity index is 2.17. The van der Waals surface area contributed by atoms with Gasteiger partial charge >= 0.3 is 0 Å². The largest absolute Gasteiger partial charge is 0.361 e. The highest BCUT2D eigenvalue weighted by Gasteiger charge is 2.10. The molecule has 0 saturated carbocycles. The second kappa shape index (κ2) is 4.30. The van der Waals surface area contributed by atoms with E-state index in [0.717, 1.165) is 27.3 Å². The summed E-state index contributed by atoms with van der Waals surface area (Å²) in [7, 11) is 1.81. The van der Waals surface area contributed by atoms with Crippen LogP contribution in [0, 0.1) is 3.70 Å². The SMILES string of the molecule is CCc1cc(Cc2nn(C)nc2I)on1. The molecule has 0 aromatic carbocycles. The predicted octanol–water partition coefficient (Wildman–Crippen LogP) is 1.56. The molecule has 80 valence electrons. The van der Waals surface area contributed by atoms with Gasteiger partial charge in [0.25, 0.3) is 0 Å². The highest BCUT2D eigenvalue weighted by atomic mass is 127. The van der Waals surface area contributed by atoms with Crippen molar-refractivity contribution in [3.05, 3.63) is 26.9 Å². The molecule has 15 heavy (non-hydrogen) atoms. The molecule has 0 aliphatic heterocycles. The van der Waals surface area contributed by atoms with Crippen molar-refractivity contribution in [1.82, 2.24) is 20.2 Å². The zero-order chi connectivity index (χ0) is 10.8. The molecule has 0 N–H and O–H groups in total. The van der Waals surface area contributed by atoms with Crippen LogP contribution < -0.4 is 0 Å². The first kappa shape index (κ1) is 10.6. The zero-order valence-corrected chi connectivity index (χ0v) is 10.7. The van der Waals surface area contributed by atoms with Crippen molar-refractivity contribution in [3.63, 3.8) is 0 Å². The van der Waals surface area contributed by atoms with E-state index in [1.165, 1.54) is 0 Å². The van der Waals surface area contributed by atoms with Gasteiger partial charge in [-0.1, -0.05) is 12.1 Å². The van der Waals surface area contributed by atoms with Gasteiger partial charge in [-0.15, -0.1) is 5.10 Å². The first-order chi connectivity index (χ1) is 7.19. The van der Waals surface area contributed by atoms with Gasteiger partial charge < -0.3 is 4.52 Å². The number of aromatic nitrogens is 4. The van der Waals surface area contributed by atoms with E-state index in [9.17, 15) is 0 Å². The number of aryl methyl sites for hydroxylation is 2. The van der Waals surface area contributed by atoms with Gasteiger partial charge in [0.15, 0.2) is 0 Å². The standard InChI is InChI=1S/C9H11IN4O/c1-3-6-4-7(15-13-6)5-8-9(10)12-14(2)11-8/h4H,3,5H2,1-2H3. The Morgan fingerprint density at radius 3 is 2.80 bits per heavy atom. The normalized spacial score (nSPS) is 10.9. The van der Waals surface area contributed by atoms with Crippen molar-refractivity contribution in [2.45, 2.75) is 19.8 Å². The lowest BCUT2D eigenvalue weighted by molar-refractivity contribution is 0.382. The Bertz CT molecular complexity index is 462. The molecule has 0 fully saturated rings. The maximum atomic E-state index is 5.19. The molecule has 0 saturated heterocycles. The second-order valence-electron chi connectivity index (χ2n) is 3.24. The number of rotatable bonds is 3. The van der Waals surface area contributed by atoms with Crippen molar-refractivity contribution in [2.75, 3.05) is 0 Å². The Labute approximate surface area is 101 Å². The fraction of sp³-hybridized carbons (Fsp3) is 0.444. The van der Waals surface area contributed by atoms with Crippen LogP contribution in [0.25, 0.3) is 0 Å². The lowest BCUT2D eigenvalue weighted by atomic mass is 10.2. The monoisotopic (exact) mass is 318 g/mol. The summed E-state index contributed by atoms with van der Waals surface area (Å²) in [5, 5.41) is 12.4. The number of halogens is 1. The Kier molecular flexibility index (Phi) is 3.03. The molecule has 6 heteroatoms. The summed E-state index contributed by atoms with van der Waals surface area (Å²) in [4.78, 5) is 1.56. The minimum absolute atomic E-state index is 0.652. The smallest absolute Gasteiger partial charge is 0.147 e. The Morgan fingerprint density at radius 1 is 1.47 bits per heavy atom. The molecule has 0 aliphatic rings.